The number of anilines is 1. The number of pyridine rings is 1. The van der Waals surface area contributed by atoms with Gasteiger partial charge in [0, 0.05) is 18.9 Å². The molecule has 0 aliphatic carbocycles. The van der Waals surface area contributed by atoms with Crippen LogP contribution in [-0.4, -0.2) is 16.5 Å². The second-order valence-electron chi connectivity index (χ2n) is 3.41. The molecule has 0 spiro atoms. The molecule has 2 heterocycles. The molecule has 0 saturated heterocycles. The summed E-state index contributed by atoms with van der Waals surface area (Å²) in [6, 6.07) is 4.06. The quantitative estimate of drug-likeness (QED) is 0.881. The molecule has 0 aliphatic heterocycles. The first-order valence-corrected chi connectivity index (χ1v) is 6.30. The average molecular weight is 233 g/mol. The molecular formula is C12H15N3S. The van der Waals surface area contributed by atoms with Crippen LogP contribution in [0.15, 0.2) is 24.5 Å². The van der Waals surface area contributed by atoms with Gasteiger partial charge in [-0.05, 0) is 31.0 Å². The molecule has 0 radical (unpaired) electrons. The lowest BCUT2D eigenvalue weighted by Crippen LogP contribution is -1.95. The molecule has 2 aromatic heterocycles. The van der Waals surface area contributed by atoms with Crippen LogP contribution in [-0.2, 0) is 6.42 Å². The van der Waals surface area contributed by atoms with E-state index in [0.29, 0.717) is 0 Å². The Balaban J connectivity index is 2.39. The van der Waals surface area contributed by atoms with E-state index in [1.54, 1.807) is 11.3 Å². The maximum Gasteiger partial charge on any atom is 0.183 e. The Morgan fingerprint density at radius 2 is 2.00 bits per heavy atom. The van der Waals surface area contributed by atoms with E-state index in [-0.39, 0.29) is 0 Å². The lowest BCUT2D eigenvalue weighted by atomic mass is 10.2. The van der Waals surface area contributed by atoms with E-state index in [9.17, 15) is 0 Å². The summed E-state index contributed by atoms with van der Waals surface area (Å²) in [4.78, 5) is 9.87. The van der Waals surface area contributed by atoms with Gasteiger partial charge in [0.1, 0.15) is 0 Å². The standard InChI is InChI=1S/C12H15N3S/c1-3-10-11(9-5-7-13-8-6-9)16-12(15-10)14-4-2/h5-8H,3-4H2,1-2H3,(H,14,15). The third-order valence-corrected chi connectivity index (χ3v) is 3.41. The smallest absolute Gasteiger partial charge is 0.183 e. The number of nitrogens with one attached hydrogen (secondary N) is 1. The topological polar surface area (TPSA) is 37.8 Å². The van der Waals surface area contributed by atoms with Gasteiger partial charge in [0.25, 0.3) is 0 Å². The monoisotopic (exact) mass is 233 g/mol. The minimum Gasteiger partial charge on any atom is -0.362 e. The third-order valence-electron chi connectivity index (χ3n) is 2.30. The van der Waals surface area contributed by atoms with E-state index in [1.807, 2.05) is 24.5 Å². The van der Waals surface area contributed by atoms with E-state index in [1.165, 1.54) is 10.4 Å². The highest BCUT2D eigenvalue weighted by Crippen LogP contribution is 2.32. The van der Waals surface area contributed by atoms with Crippen molar-refractivity contribution in [2.24, 2.45) is 0 Å². The summed E-state index contributed by atoms with van der Waals surface area (Å²) in [6.07, 6.45) is 4.60. The van der Waals surface area contributed by atoms with Crippen molar-refractivity contribution in [2.75, 3.05) is 11.9 Å². The molecule has 0 fully saturated rings. The Hall–Kier alpha value is -1.42. The molecule has 0 atom stereocenters. The minimum atomic E-state index is 0.909. The third kappa shape index (κ3) is 2.22. The number of nitrogens with zero attached hydrogens (tertiary/aromatic N) is 2. The number of hydrogen-bond acceptors (Lipinski definition) is 4. The van der Waals surface area contributed by atoms with Gasteiger partial charge in [0.05, 0.1) is 10.6 Å². The SMILES string of the molecule is CCNc1nc(CC)c(-c2ccncc2)s1. The molecule has 0 aliphatic rings. The zero-order valence-electron chi connectivity index (χ0n) is 9.53. The second kappa shape index (κ2) is 5.07. The zero-order chi connectivity index (χ0) is 11.4. The number of rotatable bonds is 4. The van der Waals surface area contributed by atoms with Crippen molar-refractivity contribution in [3.8, 4) is 10.4 Å². The highest BCUT2D eigenvalue weighted by molar-refractivity contribution is 7.19. The normalized spacial score (nSPS) is 10.4. The Kier molecular flexibility index (Phi) is 3.51. The summed E-state index contributed by atoms with van der Waals surface area (Å²) >= 11 is 1.71. The van der Waals surface area contributed by atoms with Crippen LogP contribution in [0.5, 0.6) is 0 Å². The molecule has 0 aromatic carbocycles. The van der Waals surface area contributed by atoms with Crippen LogP contribution in [0.1, 0.15) is 19.5 Å². The summed E-state index contributed by atoms with van der Waals surface area (Å²) in [5.41, 5.74) is 2.36. The van der Waals surface area contributed by atoms with Gasteiger partial charge in [-0.3, -0.25) is 4.98 Å². The molecule has 1 N–H and O–H groups in total. The molecule has 3 nitrogen and oxygen atoms in total. The first kappa shape index (κ1) is 11.1. The van der Waals surface area contributed by atoms with Gasteiger partial charge in [-0.25, -0.2) is 4.98 Å². The Bertz CT molecular complexity index is 451. The lowest BCUT2D eigenvalue weighted by molar-refractivity contribution is 1.06. The van der Waals surface area contributed by atoms with Crippen LogP contribution < -0.4 is 5.32 Å². The van der Waals surface area contributed by atoms with Crippen molar-refractivity contribution < 1.29 is 0 Å². The van der Waals surface area contributed by atoms with E-state index >= 15 is 0 Å². The number of aromatic nitrogens is 2. The van der Waals surface area contributed by atoms with Gasteiger partial charge in [-0.15, -0.1) is 0 Å². The van der Waals surface area contributed by atoms with Crippen molar-refractivity contribution in [3.63, 3.8) is 0 Å². The maximum atomic E-state index is 4.58. The Morgan fingerprint density at radius 1 is 1.25 bits per heavy atom. The van der Waals surface area contributed by atoms with Crippen molar-refractivity contribution in [3.05, 3.63) is 30.2 Å². The van der Waals surface area contributed by atoms with Crippen molar-refractivity contribution >= 4 is 16.5 Å². The van der Waals surface area contributed by atoms with E-state index in [0.717, 1.165) is 23.8 Å². The van der Waals surface area contributed by atoms with E-state index < -0.39 is 0 Å². The largest absolute Gasteiger partial charge is 0.362 e. The molecule has 2 aromatic rings. The molecule has 84 valence electrons. The van der Waals surface area contributed by atoms with Crippen LogP contribution in [0.4, 0.5) is 5.13 Å². The fourth-order valence-corrected chi connectivity index (χ4v) is 2.67. The number of aryl methyl sites for hydroxylation is 1. The van der Waals surface area contributed by atoms with Gasteiger partial charge in [-0.1, -0.05) is 18.3 Å². The molecule has 16 heavy (non-hydrogen) atoms. The van der Waals surface area contributed by atoms with Crippen molar-refractivity contribution in [1.82, 2.24) is 9.97 Å². The fourth-order valence-electron chi connectivity index (χ4n) is 1.55. The molecule has 0 unspecified atom stereocenters. The number of thiazole rings is 1. The van der Waals surface area contributed by atoms with Crippen LogP contribution in [0.3, 0.4) is 0 Å². The molecule has 4 heteroatoms. The molecule has 0 saturated carbocycles. The van der Waals surface area contributed by atoms with Crippen LogP contribution in [0.25, 0.3) is 10.4 Å². The summed E-state index contributed by atoms with van der Waals surface area (Å²) in [7, 11) is 0. The average Bonchev–Trinajstić information content (AvgIpc) is 2.74. The fraction of sp³-hybridized carbons (Fsp3) is 0.333. The van der Waals surface area contributed by atoms with E-state index in [2.05, 4.69) is 29.1 Å². The van der Waals surface area contributed by atoms with Crippen molar-refractivity contribution in [1.29, 1.82) is 0 Å². The van der Waals surface area contributed by atoms with Gasteiger partial charge in [-0.2, -0.15) is 0 Å². The molecule has 0 bridgehead atoms. The predicted octanol–water partition coefficient (Wildman–Crippen LogP) is 3.20. The summed E-state index contributed by atoms with van der Waals surface area (Å²) in [6.45, 7) is 5.13. The van der Waals surface area contributed by atoms with Crippen LogP contribution >= 0.6 is 11.3 Å². The second-order valence-corrected chi connectivity index (χ2v) is 4.41. The predicted molar refractivity (Wildman–Crippen MR) is 68.9 cm³/mol. The van der Waals surface area contributed by atoms with Gasteiger partial charge < -0.3 is 5.32 Å². The highest BCUT2D eigenvalue weighted by atomic mass is 32.1. The van der Waals surface area contributed by atoms with Crippen molar-refractivity contribution in [2.45, 2.75) is 20.3 Å². The molecule has 0 amide bonds. The first-order valence-electron chi connectivity index (χ1n) is 5.49. The Labute approximate surface area is 99.6 Å². The van der Waals surface area contributed by atoms with Gasteiger partial charge >= 0.3 is 0 Å². The Morgan fingerprint density at radius 3 is 2.62 bits per heavy atom. The maximum absolute atomic E-state index is 4.58. The highest BCUT2D eigenvalue weighted by Gasteiger charge is 2.10. The molecular weight excluding hydrogens is 218 g/mol. The first-order chi connectivity index (χ1) is 7.85. The van der Waals surface area contributed by atoms with Gasteiger partial charge in [0.2, 0.25) is 0 Å². The molecule has 2 rings (SSSR count). The van der Waals surface area contributed by atoms with Crippen LogP contribution in [0, 0.1) is 0 Å². The zero-order valence-corrected chi connectivity index (χ0v) is 10.3. The minimum absolute atomic E-state index is 0.909. The number of hydrogen-bond donors (Lipinski definition) is 1. The lowest BCUT2D eigenvalue weighted by Gasteiger charge is -1.97. The summed E-state index contributed by atoms with van der Waals surface area (Å²) in [5, 5.41) is 4.27. The van der Waals surface area contributed by atoms with E-state index in [4.69, 9.17) is 0 Å². The summed E-state index contributed by atoms with van der Waals surface area (Å²) in [5.74, 6) is 0. The van der Waals surface area contributed by atoms with Gasteiger partial charge in [0.15, 0.2) is 5.13 Å². The summed E-state index contributed by atoms with van der Waals surface area (Å²) < 4.78 is 0. The van der Waals surface area contributed by atoms with Crippen LogP contribution in [0.2, 0.25) is 0 Å².